The third-order valence-electron chi connectivity index (χ3n) is 2.88. The summed E-state index contributed by atoms with van der Waals surface area (Å²) in [5.74, 6) is 1.50. The van der Waals surface area contributed by atoms with E-state index in [2.05, 4.69) is 20.3 Å². The highest BCUT2D eigenvalue weighted by Gasteiger charge is 2.11. The van der Waals surface area contributed by atoms with Crippen LogP contribution >= 0.6 is 11.3 Å². The number of pyridine rings is 1. The van der Waals surface area contributed by atoms with Crippen LogP contribution in [0.3, 0.4) is 0 Å². The predicted molar refractivity (Wildman–Crippen MR) is 79.5 cm³/mol. The number of fused-ring (bicyclic) bond motifs is 1. The lowest BCUT2D eigenvalue weighted by Gasteiger charge is -1.94. The zero-order valence-corrected chi connectivity index (χ0v) is 11.6. The van der Waals surface area contributed by atoms with Crippen molar-refractivity contribution in [3.05, 3.63) is 53.7 Å². The first-order chi connectivity index (χ1) is 10.4. The summed E-state index contributed by atoms with van der Waals surface area (Å²) < 4.78 is 6.99. The Morgan fingerprint density at radius 3 is 2.81 bits per heavy atom. The molecule has 7 heteroatoms. The van der Waals surface area contributed by atoms with E-state index in [1.807, 2.05) is 36.4 Å². The Balaban J connectivity index is 1.73. The van der Waals surface area contributed by atoms with E-state index < -0.39 is 0 Å². The van der Waals surface area contributed by atoms with Crippen molar-refractivity contribution in [1.29, 1.82) is 0 Å². The summed E-state index contributed by atoms with van der Waals surface area (Å²) in [5.41, 5.74) is 0.935. The summed E-state index contributed by atoms with van der Waals surface area (Å²) >= 11 is 1.47. The largest absolute Gasteiger partial charge is 0.465 e. The molecule has 0 saturated carbocycles. The third kappa shape index (κ3) is 2.23. The van der Waals surface area contributed by atoms with E-state index in [9.17, 15) is 0 Å². The molecule has 0 aromatic carbocycles. The molecule has 4 heterocycles. The van der Waals surface area contributed by atoms with E-state index in [1.54, 1.807) is 23.2 Å². The molecular weight excluding hydrogens is 286 g/mol. The standard InChI is InChI=1S/C14H9N5OS/c1-2-11(20-9-1)3-4-12-18-19-13(16-17-14(19)21-12)10-5-7-15-8-6-10/h1-9H. The average Bonchev–Trinajstić information content (AvgIpc) is 3.22. The minimum absolute atomic E-state index is 0.710. The Labute approximate surface area is 123 Å². The van der Waals surface area contributed by atoms with Crippen LogP contribution in [0.4, 0.5) is 0 Å². The van der Waals surface area contributed by atoms with Gasteiger partial charge in [-0.15, -0.1) is 10.2 Å². The lowest BCUT2D eigenvalue weighted by molar-refractivity contribution is 0.557. The molecule has 21 heavy (non-hydrogen) atoms. The van der Waals surface area contributed by atoms with Crippen LogP contribution < -0.4 is 0 Å². The molecular formula is C14H9N5OS. The number of hydrogen-bond donors (Lipinski definition) is 0. The third-order valence-corrected chi connectivity index (χ3v) is 3.74. The molecule has 0 atom stereocenters. The van der Waals surface area contributed by atoms with Crippen molar-refractivity contribution < 1.29 is 4.42 Å². The monoisotopic (exact) mass is 295 g/mol. The van der Waals surface area contributed by atoms with Gasteiger partial charge in [0, 0.05) is 18.0 Å². The normalized spacial score (nSPS) is 11.6. The summed E-state index contributed by atoms with van der Waals surface area (Å²) in [7, 11) is 0. The molecule has 0 saturated heterocycles. The van der Waals surface area contributed by atoms with E-state index in [0.717, 1.165) is 21.3 Å². The maximum Gasteiger partial charge on any atom is 0.235 e. The fourth-order valence-electron chi connectivity index (χ4n) is 1.92. The predicted octanol–water partition coefficient (Wildman–Crippen LogP) is 3.01. The molecule has 0 aliphatic rings. The first-order valence-corrected chi connectivity index (χ1v) is 7.06. The number of hydrogen-bond acceptors (Lipinski definition) is 6. The van der Waals surface area contributed by atoms with Gasteiger partial charge in [-0.1, -0.05) is 11.3 Å². The van der Waals surface area contributed by atoms with E-state index in [1.165, 1.54) is 11.3 Å². The van der Waals surface area contributed by atoms with Crippen LogP contribution in [0.1, 0.15) is 10.8 Å². The molecule has 0 bridgehead atoms. The van der Waals surface area contributed by atoms with E-state index in [4.69, 9.17) is 4.42 Å². The topological polar surface area (TPSA) is 69.1 Å². The molecule has 0 unspecified atom stereocenters. The van der Waals surface area contributed by atoms with Gasteiger partial charge >= 0.3 is 0 Å². The van der Waals surface area contributed by atoms with Crippen LogP contribution in [0.2, 0.25) is 0 Å². The molecule has 0 N–H and O–H groups in total. The van der Waals surface area contributed by atoms with E-state index >= 15 is 0 Å². The number of nitrogens with zero attached hydrogens (tertiary/aromatic N) is 5. The van der Waals surface area contributed by atoms with Crippen molar-refractivity contribution in [2.75, 3.05) is 0 Å². The van der Waals surface area contributed by atoms with Gasteiger partial charge in [0.15, 0.2) is 5.82 Å². The van der Waals surface area contributed by atoms with Gasteiger partial charge in [-0.05, 0) is 36.4 Å². The quantitative estimate of drug-likeness (QED) is 0.581. The lowest BCUT2D eigenvalue weighted by Crippen LogP contribution is -1.90. The molecule has 0 amide bonds. The van der Waals surface area contributed by atoms with Crippen molar-refractivity contribution in [3.8, 4) is 11.4 Å². The molecule has 0 spiro atoms. The van der Waals surface area contributed by atoms with Gasteiger partial charge in [-0.2, -0.15) is 9.61 Å². The van der Waals surface area contributed by atoms with Crippen LogP contribution in [-0.4, -0.2) is 24.8 Å². The second-order valence-corrected chi connectivity index (χ2v) is 5.23. The van der Waals surface area contributed by atoms with Crippen molar-refractivity contribution in [2.45, 2.75) is 0 Å². The molecule has 0 radical (unpaired) electrons. The maximum atomic E-state index is 5.25. The Bertz CT molecular complexity index is 892. The average molecular weight is 295 g/mol. The van der Waals surface area contributed by atoms with E-state index in [-0.39, 0.29) is 0 Å². The van der Waals surface area contributed by atoms with Gasteiger partial charge in [0.1, 0.15) is 10.8 Å². The summed E-state index contributed by atoms with van der Waals surface area (Å²) in [6.45, 7) is 0. The number of furan rings is 1. The fraction of sp³-hybridized carbons (Fsp3) is 0. The van der Waals surface area contributed by atoms with Crippen LogP contribution in [0, 0.1) is 0 Å². The van der Waals surface area contributed by atoms with E-state index in [0.29, 0.717) is 5.82 Å². The van der Waals surface area contributed by atoms with Crippen LogP contribution in [0.15, 0.2) is 47.3 Å². The zero-order valence-electron chi connectivity index (χ0n) is 10.7. The first-order valence-electron chi connectivity index (χ1n) is 6.24. The second-order valence-electron chi connectivity index (χ2n) is 4.24. The Morgan fingerprint density at radius 1 is 1.10 bits per heavy atom. The van der Waals surface area contributed by atoms with Crippen molar-refractivity contribution >= 4 is 28.4 Å². The summed E-state index contributed by atoms with van der Waals surface area (Å²) in [6, 6.07) is 7.50. The summed E-state index contributed by atoms with van der Waals surface area (Å²) in [5, 5.41) is 13.7. The fourth-order valence-corrected chi connectivity index (χ4v) is 2.66. The number of rotatable bonds is 3. The smallest absolute Gasteiger partial charge is 0.235 e. The van der Waals surface area contributed by atoms with Gasteiger partial charge in [-0.25, -0.2) is 0 Å². The molecule has 4 aromatic heterocycles. The molecule has 0 aliphatic heterocycles. The highest BCUT2D eigenvalue weighted by atomic mass is 32.1. The molecule has 0 fully saturated rings. The number of aromatic nitrogens is 5. The molecule has 4 rings (SSSR count). The molecule has 0 aliphatic carbocycles. The second kappa shape index (κ2) is 4.95. The molecule has 6 nitrogen and oxygen atoms in total. The van der Waals surface area contributed by atoms with Crippen molar-refractivity contribution in [3.63, 3.8) is 0 Å². The Kier molecular flexibility index (Phi) is 2.82. The highest BCUT2D eigenvalue weighted by Crippen LogP contribution is 2.22. The van der Waals surface area contributed by atoms with Crippen LogP contribution in [0.25, 0.3) is 28.5 Å². The minimum atomic E-state index is 0.710. The summed E-state index contributed by atoms with van der Waals surface area (Å²) in [6.07, 6.45) is 8.85. The van der Waals surface area contributed by atoms with Gasteiger partial charge in [-0.3, -0.25) is 4.98 Å². The molecule has 4 aromatic rings. The van der Waals surface area contributed by atoms with Crippen LogP contribution in [0.5, 0.6) is 0 Å². The highest BCUT2D eigenvalue weighted by molar-refractivity contribution is 7.17. The van der Waals surface area contributed by atoms with Crippen molar-refractivity contribution in [1.82, 2.24) is 24.8 Å². The first kappa shape index (κ1) is 12.0. The van der Waals surface area contributed by atoms with Gasteiger partial charge in [0.2, 0.25) is 4.96 Å². The minimum Gasteiger partial charge on any atom is -0.465 e. The summed E-state index contributed by atoms with van der Waals surface area (Å²) in [4.78, 5) is 4.75. The maximum absolute atomic E-state index is 5.25. The van der Waals surface area contributed by atoms with Gasteiger partial charge in [0.05, 0.1) is 6.26 Å². The zero-order chi connectivity index (χ0) is 14.1. The lowest BCUT2D eigenvalue weighted by atomic mass is 10.2. The Hall–Kier alpha value is -2.80. The molecule has 102 valence electrons. The van der Waals surface area contributed by atoms with Gasteiger partial charge in [0.25, 0.3) is 0 Å². The van der Waals surface area contributed by atoms with Crippen LogP contribution in [-0.2, 0) is 0 Å². The van der Waals surface area contributed by atoms with Crippen molar-refractivity contribution in [2.24, 2.45) is 0 Å². The Morgan fingerprint density at radius 2 is 2.00 bits per heavy atom. The SMILES string of the molecule is C(=Cc1nn2c(-c3ccncc3)nnc2s1)c1ccco1. The van der Waals surface area contributed by atoms with Gasteiger partial charge < -0.3 is 4.42 Å².